The van der Waals surface area contributed by atoms with Crippen molar-refractivity contribution < 1.29 is 4.39 Å². The highest BCUT2D eigenvalue weighted by Crippen LogP contribution is 2.37. The van der Waals surface area contributed by atoms with Crippen molar-refractivity contribution in [1.29, 1.82) is 0 Å². The number of nitrogens with zero attached hydrogens (tertiary/aromatic N) is 2. The zero-order valence-corrected chi connectivity index (χ0v) is 10.6. The highest BCUT2D eigenvalue weighted by Gasteiger charge is 2.18. The molecule has 7 heteroatoms. The number of hydrogen-bond acceptors (Lipinski definition) is 3. The normalized spacial score (nSPS) is 11.1. The van der Waals surface area contributed by atoms with Crippen LogP contribution in [0.25, 0.3) is 11.0 Å². The standard InChI is InChI=1S/C6Br2ClFN2S/c7-1-3(9)4(10)2(8)6-5(1)11-13-12-6. The van der Waals surface area contributed by atoms with Gasteiger partial charge < -0.3 is 0 Å². The van der Waals surface area contributed by atoms with Crippen LogP contribution in [0.2, 0.25) is 5.02 Å². The van der Waals surface area contributed by atoms with E-state index in [4.69, 9.17) is 11.6 Å². The first kappa shape index (κ1) is 9.76. The summed E-state index contributed by atoms with van der Waals surface area (Å²) >= 11 is 12.9. The summed E-state index contributed by atoms with van der Waals surface area (Å²) in [7, 11) is 0. The average molecular weight is 346 g/mol. The second kappa shape index (κ2) is 3.42. The molecule has 0 amide bonds. The Kier molecular flexibility index (Phi) is 2.57. The van der Waals surface area contributed by atoms with Crippen LogP contribution in [0.15, 0.2) is 8.95 Å². The van der Waals surface area contributed by atoms with E-state index in [2.05, 4.69) is 40.6 Å². The Morgan fingerprint density at radius 2 is 1.69 bits per heavy atom. The molecule has 0 radical (unpaired) electrons. The average Bonchev–Trinajstić information content (AvgIpc) is 2.59. The minimum absolute atomic E-state index is 0.0204. The molecule has 13 heavy (non-hydrogen) atoms. The Bertz CT molecular complexity index is 445. The van der Waals surface area contributed by atoms with Gasteiger partial charge in [0.2, 0.25) is 0 Å². The maximum Gasteiger partial charge on any atom is 0.159 e. The topological polar surface area (TPSA) is 25.8 Å². The second-order valence-electron chi connectivity index (χ2n) is 2.22. The van der Waals surface area contributed by atoms with E-state index >= 15 is 0 Å². The molecule has 68 valence electrons. The molecular formula is C6Br2ClFN2S. The highest BCUT2D eigenvalue weighted by molar-refractivity contribution is 9.11. The number of aromatic nitrogens is 2. The third-order valence-electron chi connectivity index (χ3n) is 1.48. The molecule has 2 aromatic rings. The number of hydrogen-bond donors (Lipinski definition) is 0. The maximum absolute atomic E-state index is 13.3. The van der Waals surface area contributed by atoms with Gasteiger partial charge in [-0.3, -0.25) is 0 Å². The third-order valence-corrected chi connectivity index (χ3v) is 4.09. The van der Waals surface area contributed by atoms with Gasteiger partial charge >= 0.3 is 0 Å². The summed E-state index contributed by atoms with van der Waals surface area (Å²) < 4.78 is 21.9. The van der Waals surface area contributed by atoms with Gasteiger partial charge in [-0.15, -0.1) is 0 Å². The van der Waals surface area contributed by atoms with Crippen molar-refractivity contribution in [1.82, 2.24) is 8.75 Å². The van der Waals surface area contributed by atoms with Crippen LogP contribution in [-0.2, 0) is 0 Å². The molecule has 0 spiro atoms. The van der Waals surface area contributed by atoms with Gasteiger partial charge in [-0.1, -0.05) is 11.6 Å². The van der Waals surface area contributed by atoms with Crippen LogP contribution in [0, 0.1) is 5.82 Å². The lowest BCUT2D eigenvalue weighted by Gasteiger charge is -2.00. The molecule has 0 saturated carbocycles. The summed E-state index contributed by atoms with van der Waals surface area (Å²) in [6, 6.07) is 0. The molecule has 1 heterocycles. The molecule has 0 fully saturated rings. The Hall–Kier alpha value is 0.220. The van der Waals surface area contributed by atoms with E-state index in [0.29, 0.717) is 15.5 Å². The van der Waals surface area contributed by atoms with Gasteiger partial charge in [0, 0.05) is 0 Å². The van der Waals surface area contributed by atoms with E-state index in [0.717, 1.165) is 11.7 Å². The fraction of sp³-hybridized carbons (Fsp3) is 0. The quantitative estimate of drug-likeness (QED) is 0.532. The summed E-state index contributed by atoms with van der Waals surface area (Å²) in [5.74, 6) is -0.520. The molecular weight excluding hydrogens is 346 g/mol. The van der Waals surface area contributed by atoms with Crippen molar-refractivity contribution in [3.63, 3.8) is 0 Å². The zero-order valence-electron chi connectivity index (χ0n) is 5.81. The van der Waals surface area contributed by atoms with Crippen LogP contribution in [-0.4, -0.2) is 8.75 Å². The van der Waals surface area contributed by atoms with E-state index in [9.17, 15) is 4.39 Å². The van der Waals surface area contributed by atoms with Gasteiger partial charge in [0.1, 0.15) is 11.0 Å². The van der Waals surface area contributed by atoms with Gasteiger partial charge in [-0.2, -0.15) is 8.75 Å². The minimum Gasteiger partial charge on any atom is -0.204 e. The van der Waals surface area contributed by atoms with Crippen LogP contribution >= 0.6 is 55.2 Å². The SMILES string of the molecule is Fc1c(Cl)c(Br)c2nsnc2c1Br. The molecule has 0 unspecified atom stereocenters. The number of rotatable bonds is 0. The molecule has 0 aliphatic heterocycles. The Morgan fingerprint density at radius 3 is 2.31 bits per heavy atom. The summed E-state index contributed by atoms with van der Waals surface area (Å²) in [5, 5.41) is 0.0204. The molecule has 0 atom stereocenters. The summed E-state index contributed by atoms with van der Waals surface area (Å²) in [4.78, 5) is 0. The van der Waals surface area contributed by atoms with Crippen molar-refractivity contribution in [2.75, 3.05) is 0 Å². The van der Waals surface area contributed by atoms with Crippen molar-refractivity contribution >= 4 is 66.2 Å². The molecule has 2 rings (SSSR count). The molecule has 0 aliphatic carbocycles. The maximum atomic E-state index is 13.3. The molecule has 0 saturated heterocycles. The summed E-state index contributed by atoms with van der Waals surface area (Å²) in [5.41, 5.74) is 1.06. The predicted octanol–water partition coefficient (Wildman–Crippen LogP) is 4.01. The van der Waals surface area contributed by atoms with E-state index < -0.39 is 5.82 Å². The van der Waals surface area contributed by atoms with Gasteiger partial charge in [-0.25, -0.2) is 4.39 Å². The van der Waals surface area contributed by atoms with Gasteiger partial charge in [-0.05, 0) is 31.9 Å². The number of benzene rings is 1. The van der Waals surface area contributed by atoms with E-state index in [1.165, 1.54) is 0 Å². The van der Waals surface area contributed by atoms with Crippen molar-refractivity contribution in [2.24, 2.45) is 0 Å². The number of fused-ring (bicyclic) bond motifs is 1. The van der Waals surface area contributed by atoms with Gasteiger partial charge in [0.05, 0.1) is 25.7 Å². The third kappa shape index (κ3) is 1.40. The monoisotopic (exact) mass is 344 g/mol. The van der Waals surface area contributed by atoms with E-state index in [1.54, 1.807) is 0 Å². The zero-order chi connectivity index (χ0) is 9.59. The highest BCUT2D eigenvalue weighted by atomic mass is 79.9. The lowest BCUT2D eigenvalue weighted by Crippen LogP contribution is -1.84. The largest absolute Gasteiger partial charge is 0.204 e. The Morgan fingerprint density at radius 1 is 1.15 bits per heavy atom. The lowest BCUT2D eigenvalue weighted by atomic mass is 10.3. The van der Waals surface area contributed by atoms with Crippen LogP contribution in [0.5, 0.6) is 0 Å². The van der Waals surface area contributed by atoms with Crippen LogP contribution in [0.3, 0.4) is 0 Å². The number of halogens is 4. The fourth-order valence-electron chi connectivity index (χ4n) is 0.877. The lowest BCUT2D eigenvalue weighted by molar-refractivity contribution is 0.623. The smallest absolute Gasteiger partial charge is 0.159 e. The summed E-state index contributed by atoms with van der Waals surface area (Å²) in [6.45, 7) is 0. The first-order chi connectivity index (χ1) is 6.13. The predicted molar refractivity (Wildman–Crippen MR) is 57.8 cm³/mol. The van der Waals surface area contributed by atoms with E-state index in [1.807, 2.05) is 0 Å². The first-order valence-corrected chi connectivity index (χ1v) is 5.76. The molecule has 1 aromatic heterocycles. The van der Waals surface area contributed by atoms with Crippen LogP contribution in [0.1, 0.15) is 0 Å². The second-order valence-corrected chi connectivity index (χ2v) is 4.71. The first-order valence-electron chi connectivity index (χ1n) is 3.07. The van der Waals surface area contributed by atoms with Crippen molar-refractivity contribution in [3.05, 3.63) is 19.8 Å². The molecule has 0 bridgehead atoms. The van der Waals surface area contributed by atoms with Crippen molar-refractivity contribution in [2.45, 2.75) is 0 Å². The van der Waals surface area contributed by atoms with Crippen LogP contribution in [0.4, 0.5) is 4.39 Å². The fourth-order valence-corrected chi connectivity index (χ4v) is 2.89. The minimum atomic E-state index is -0.520. The summed E-state index contributed by atoms with van der Waals surface area (Å²) in [6.07, 6.45) is 0. The van der Waals surface area contributed by atoms with E-state index in [-0.39, 0.29) is 9.50 Å². The molecule has 1 aromatic carbocycles. The molecule has 2 nitrogen and oxygen atoms in total. The molecule has 0 N–H and O–H groups in total. The van der Waals surface area contributed by atoms with Crippen LogP contribution < -0.4 is 0 Å². The van der Waals surface area contributed by atoms with Gasteiger partial charge in [0.15, 0.2) is 5.82 Å². The Balaban J connectivity index is 3.02. The Labute approximate surface area is 98.7 Å². The molecule has 0 aliphatic rings. The van der Waals surface area contributed by atoms with Crippen molar-refractivity contribution in [3.8, 4) is 0 Å². The van der Waals surface area contributed by atoms with Gasteiger partial charge in [0.25, 0.3) is 0 Å².